The highest BCUT2D eigenvalue weighted by molar-refractivity contribution is 6.21. The van der Waals surface area contributed by atoms with E-state index in [4.69, 9.17) is 19.9 Å². The molecule has 0 radical (unpaired) electrons. The summed E-state index contributed by atoms with van der Waals surface area (Å²) in [5.41, 5.74) is 4.13. The van der Waals surface area contributed by atoms with E-state index in [-0.39, 0.29) is 29.4 Å². The molecule has 3 N–H and O–H groups in total. The van der Waals surface area contributed by atoms with Crippen molar-refractivity contribution >= 4 is 23.5 Å². The van der Waals surface area contributed by atoms with Gasteiger partial charge in [0.05, 0.1) is 6.61 Å². The first-order valence-electron chi connectivity index (χ1n) is 10.3. The third-order valence-electron chi connectivity index (χ3n) is 4.99. The van der Waals surface area contributed by atoms with Gasteiger partial charge < -0.3 is 25.3 Å². The number of hydrogen-bond acceptors (Lipinski definition) is 7. The molecule has 31 heavy (non-hydrogen) atoms. The standard InChI is InChI=1S/C23H28N2O6/c1-6-10-15-16(20(27)31-22(3,4)5)23(17(18(24)30-15)19(26)29-7-2)13-11-8-9-12-14(13)25-21(23)28/h8-9,11-12H,6-7,10,24H2,1-5H3,(H,25,28)/t23-/m1/s1. The zero-order valence-corrected chi connectivity index (χ0v) is 18.5. The molecule has 2 heterocycles. The van der Waals surface area contributed by atoms with Crippen LogP contribution in [0.2, 0.25) is 0 Å². The van der Waals surface area contributed by atoms with Crippen LogP contribution < -0.4 is 11.1 Å². The van der Waals surface area contributed by atoms with Gasteiger partial charge in [0.2, 0.25) is 11.8 Å². The third-order valence-corrected chi connectivity index (χ3v) is 4.99. The number of benzene rings is 1. The number of carbonyl (C=O) groups excluding carboxylic acids is 3. The quantitative estimate of drug-likeness (QED) is 0.692. The number of esters is 2. The van der Waals surface area contributed by atoms with Gasteiger partial charge in [-0.2, -0.15) is 0 Å². The van der Waals surface area contributed by atoms with E-state index in [9.17, 15) is 14.4 Å². The Morgan fingerprint density at radius 2 is 1.81 bits per heavy atom. The fraction of sp³-hybridized carbons (Fsp3) is 0.435. The Morgan fingerprint density at radius 3 is 2.42 bits per heavy atom. The SMILES string of the molecule is CCCC1=C(C(=O)OC(C)(C)C)[C@@]2(C(=O)Nc3ccccc32)C(C(=O)OCC)=C(N)O1. The molecule has 0 bridgehead atoms. The number of rotatable bonds is 5. The van der Waals surface area contributed by atoms with Crippen molar-refractivity contribution in [2.75, 3.05) is 11.9 Å². The van der Waals surface area contributed by atoms with Crippen LogP contribution in [0, 0.1) is 0 Å². The fourth-order valence-electron chi connectivity index (χ4n) is 3.96. The molecule has 0 fully saturated rings. The summed E-state index contributed by atoms with van der Waals surface area (Å²) in [5, 5.41) is 2.78. The number of allylic oxidation sites excluding steroid dienone is 1. The second kappa shape index (κ2) is 8.09. The van der Waals surface area contributed by atoms with Gasteiger partial charge in [-0.15, -0.1) is 0 Å². The summed E-state index contributed by atoms with van der Waals surface area (Å²) in [6.07, 6.45) is 0.936. The average molecular weight is 428 g/mol. The normalized spacial score (nSPS) is 20.4. The summed E-state index contributed by atoms with van der Waals surface area (Å²) in [5.74, 6) is -2.23. The minimum absolute atomic E-state index is 0.0519. The summed E-state index contributed by atoms with van der Waals surface area (Å²) in [7, 11) is 0. The van der Waals surface area contributed by atoms with Gasteiger partial charge in [0.15, 0.2) is 0 Å². The highest BCUT2D eigenvalue weighted by Gasteiger charge is 2.62. The summed E-state index contributed by atoms with van der Waals surface area (Å²) in [6, 6.07) is 6.85. The minimum Gasteiger partial charge on any atom is -0.462 e. The molecule has 3 rings (SSSR count). The van der Waals surface area contributed by atoms with Gasteiger partial charge in [-0.3, -0.25) is 4.79 Å². The van der Waals surface area contributed by atoms with Crippen LogP contribution >= 0.6 is 0 Å². The zero-order valence-electron chi connectivity index (χ0n) is 18.5. The maximum absolute atomic E-state index is 13.6. The van der Waals surface area contributed by atoms with Gasteiger partial charge in [0.1, 0.15) is 27.9 Å². The Bertz CT molecular complexity index is 1000. The molecule has 0 saturated heterocycles. The van der Waals surface area contributed by atoms with E-state index in [0.29, 0.717) is 24.1 Å². The Morgan fingerprint density at radius 1 is 1.13 bits per heavy atom. The Hall–Kier alpha value is -3.29. The van der Waals surface area contributed by atoms with Crippen LogP contribution in [0.1, 0.15) is 53.0 Å². The van der Waals surface area contributed by atoms with Crippen LogP contribution in [0.5, 0.6) is 0 Å². The second-order valence-electron chi connectivity index (χ2n) is 8.36. The van der Waals surface area contributed by atoms with Crippen LogP contribution in [0.25, 0.3) is 0 Å². The number of nitrogens with two attached hydrogens (primary N) is 1. The molecule has 0 aromatic heterocycles. The molecule has 8 heteroatoms. The van der Waals surface area contributed by atoms with Crippen molar-refractivity contribution in [2.45, 2.75) is 58.5 Å². The lowest BCUT2D eigenvalue weighted by atomic mass is 9.67. The molecular weight excluding hydrogens is 400 g/mol. The molecule has 166 valence electrons. The number of nitrogens with one attached hydrogen (secondary N) is 1. The average Bonchev–Trinajstić information content (AvgIpc) is 2.93. The number of anilines is 1. The molecule has 2 aliphatic rings. The minimum atomic E-state index is -1.84. The van der Waals surface area contributed by atoms with Gasteiger partial charge in [-0.05, 0) is 40.2 Å². The van der Waals surface area contributed by atoms with Crippen LogP contribution in [0.4, 0.5) is 5.69 Å². The van der Waals surface area contributed by atoms with Crippen molar-refractivity contribution in [1.29, 1.82) is 0 Å². The van der Waals surface area contributed by atoms with Gasteiger partial charge in [0, 0.05) is 17.7 Å². The van der Waals surface area contributed by atoms with Crippen molar-refractivity contribution in [3.8, 4) is 0 Å². The first-order valence-corrected chi connectivity index (χ1v) is 10.3. The molecule has 8 nitrogen and oxygen atoms in total. The summed E-state index contributed by atoms with van der Waals surface area (Å²) in [4.78, 5) is 40.1. The zero-order chi connectivity index (χ0) is 23.0. The Labute approximate surface area is 181 Å². The van der Waals surface area contributed by atoms with Gasteiger partial charge >= 0.3 is 11.9 Å². The predicted molar refractivity (Wildman–Crippen MR) is 113 cm³/mol. The number of amides is 1. The molecular formula is C23H28N2O6. The van der Waals surface area contributed by atoms with E-state index < -0.39 is 28.9 Å². The van der Waals surface area contributed by atoms with Crippen LogP contribution in [-0.4, -0.2) is 30.1 Å². The maximum atomic E-state index is 13.6. The maximum Gasteiger partial charge on any atom is 0.341 e. The molecule has 0 unspecified atom stereocenters. The number of carbonyl (C=O) groups is 3. The number of fused-ring (bicyclic) bond motifs is 2. The summed E-state index contributed by atoms with van der Waals surface area (Å²) < 4.78 is 16.6. The number of hydrogen-bond donors (Lipinski definition) is 2. The largest absolute Gasteiger partial charge is 0.462 e. The van der Waals surface area contributed by atoms with Crippen molar-refractivity contribution in [3.63, 3.8) is 0 Å². The second-order valence-corrected chi connectivity index (χ2v) is 8.36. The van der Waals surface area contributed by atoms with E-state index in [2.05, 4.69) is 5.32 Å². The van der Waals surface area contributed by atoms with Crippen molar-refractivity contribution in [2.24, 2.45) is 5.73 Å². The highest BCUT2D eigenvalue weighted by Crippen LogP contribution is 2.53. The van der Waals surface area contributed by atoms with E-state index >= 15 is 0 Å². The highest BCUT2D eigenvalue weighted by atomic mass is 16.6. The number of ether oxygens (including phenoxy) is 3. The summed E-state index contributed by atoms with van der Waals surface area (Å²) >= 11 is 0. The number of para-hydroxylation sites is 1. The first-order chi connectivity index (χ1) is 14.6. The third kappa shape index (κ3) is 3.66. The van der Waals surface area contributed by atoms with Crippen LogP contribution in [-0.2, 0) is 34.0 Å². The Kier molecular flexibility index (Phi) is 5.85. The van der Waals surface area contributed by atoms with E-state index in [0.717, 1.165) is 0 Å². The Balaban J connectivity index is 2.39. The fourth-order valence-corrected chi connectivity index (χ4v) is 3.96. The lowest BCUT2D eigenvalue weighted by Crippen LogP contribution is -2.49. The van der Waals surface area contributed by atoms with E-state index in [1.165, 1.54) is 0 Å². The molecule has 1 amide bonds. The molecule has 1 atom stereocenters. The lowest BCUT2D eigenvalue weighted by molar-refractivity contribution is -0.152. The predicted octanol–water partition coefficient (Wildman–Crippen LogP) is 3.04. The van der Waals surface area contributed by atoms with Gasteiger partial charge in [0.25, 0.3) is 0 Å². The molecule has 0 aliphatic carbocycles. The molecule has 0 saturated carbocycles. The molecule has 1 aromatic carbocycles. The summed E-state index contributed by atoms with van der Waals surface area (Å²) in [6.45, 7) is 8.77. The van der Waals surface area contributed by atoms with Crippen LogP contribution in [0.3, 0.4) is 0 Å². The van der Waals surface area contributed by atoms with Crippen molar-refractivity contribution < 1.29 is 28.6 Å². The van der Waals surface area contributed by atoms with E-state index in [1.54, 1.807) is 52.0 Å². The lowest BCUT2D eigenvalue weighted by Gasteiger charge is -2.37. The van der Waals surface area contributed by atoms with Crippen molar-refractivity contribution in [1.82, 2.24) is 0 Å². The van der Waals surface area contributed by atoms with Gasteiger partial charge in [-0.1, -0.05) is 25.1 Å². The molecule has 1 aromatic rings. The van der Waals surface area contributed by atoms with Crippen LogP contribution in [0.15, 0.2) is 47.1 Å². The van der Waals surface area contributed by atoms with Crippen molar-refractivity contribution in [3.05, 3.63) is 52.6 Å². The topological polar surface area (TPSA) is 117 Å². The smallest absolute Gasteiger partial charge is 0.341 e. The van der Waals surface area contributed by atoms with Gasteiger partial charge in [-0.25, -0.2) is 9.59 Å². The van der Waals surface area contributed by atoms with E-state index in [1.807, 2.05) is 6.92 Å². The first kappa shape index (κ1) is 22.4. The molecule has 1 spiro atoms. The molecule has 2 aliphatic heterocycles. The monoisotopic (exact) mass is 428 g/mol.